The van der Waals surface area contributed by atoms with Gasteiger partial charge in [-0.3, -0.25) is 4.79 Å². The summed E-state index contributed by atoms with van der Waals surface area (Å²) in [5.74, 6) is -0.210. The fourth-order valence-corrected chi connectivity index (χ4v) is 3.86. The van der Waals surface area contributed by atoms with E-state index in [0.29, 0.717) is 37.6 Å². The van der Waals surface area contributed by atoms with Gasteiger partial charge in [-0.2, -0.15) is 0 Å². The molecular formula is C22H25FN2O3. The lowest BCUT2D eigenvalue weighted by atomic mass is 10.0. The molecule has 0 bridgehead atoms. The smallest absolute Gasteiger partial charge is 0.224 e. The van der Waals surface area contributed by atoms with Gasteiger partial charge in [0, 0.05) is 19.0 Å². The Labute approximate surface area is 164 Å². The highest BCUT2D eigenvalue weighted by atomic mass is 19.1. The van der Waals surface area contributed by atoms with E-state index < -0.39 is 6.04 Å². The summed E-state index contributed by atoms with van der Waals surface area (Å²) in [5, 5.41) is 12.8. The van der Waals surface area contributed by atoms with Gasteiger partial charge in [0.05, 0.1) is 31.5 Å². The molecule has 2 aromatic carbocycles. The summed E-state index contributed by atoms with van der Waals surface area (Å²) in [6.07, 6.45) is 0.816. The van der Waals surface area contributed by atoms with E-state index in [-0.39, 0.29) is 30.2 Å². The molecule has 2 N–H and O–H groups in total. The summed E-state index contributed by atoms with van der Waals surface area (Å²) in [7, 11) is 0. The number of hydrogen-bond donors (Lipinski definition) is 2. The first-order chi connectivity index (χ1) is 13.7. The number of morpholine rings is 1. The van der Waals surface area contributed by atoms with Crippen LogP contribution in [0.25, 0.3) is 0 Å². The second-order valence-electron chi connectivity index (χ2n) is 7.41. The molecule has 148 valence electrons. The Kier molecular flexibility index (Phi) is 5.59. The number of carbonyl (C=O) groups excluding carboxylic acids is 1. The molecule has 1 saturated heterocycles. The van der Waals surface area contributed by atoms with Crippen LogP contribution in [0.3, 0.4) is 0 Å². The Morgan fingerprint density at radius 3 is 2.68 bits per heavy atom. The highest BCUT2D eigenvalue weighted by Gasteiger charge is 2.44. The van der Waals surface area contributed by atoms with Crippen LogP contribution in [-0.4, -0.2) is 43.9 Å². The van der Waals surface area contributed by atoms with Crippen LogP contribution >= 0.6 is 0 Å². The van der Waals surface area contributed by atoms with Gasteiger partial charge < -0.3 is 20.1 Å². The van der Waals surface area contributed by atoms with Crippen LogP contribution in [-0.2, 0) is 9.53 Å². The van der Waals surface area contributed by atoms with E-state index >= 15 is 0 Å². The molecule has 3 unspecified atom stereocenters. The van der Waals surface area contributed by atoms with Crippen molar-refractivity contribution in [3.63, 3.8) is 0 Å². The number of nitrogens with zero attached hydrogens (tertiary/aromatic N) is 1. The molecule has 1 saturated carbocycles. The van der Waals surface area contributed by atoms with E-state index in [1.54, 1.807) is 12.1 Å². The van der Waals surface area contributed by atoms with E-state index in [2.05, 4.69) is 5.32 Å². The normalized spacial score (nSPS) is 22.6. The van der Waals surface area contributed by atoms with Crippen molar-refractivity contribution >= 4 is 11.6 Å². The fourth-order valence-electron chi connectivity index (χ4n) is 3.86. The van der Waals surface area contributed by atoms with E-state index in [0.717, 1.165) is 6.42 Å². The molecule has 1 aliphatic carbocycles. The molecule has 3 atom stereocenters. The quantitative estimate of drug-likeness (QED) is 0.804. The third-order valence-electron chi connectivity index (χ3n) is 5.58. The van der Waals surface area contributed by atoms with Gasteiger partial charge in [0.1, 0.15) is 5.82 Å². The van der Waals surface area contributed by atoms with E-state index in [1.807, 2.05) is 35.2 Å². The second kappa shape index (κ2) is 8.29. The Morgan fingerprint density at radius 2 is 1.96 bits per heavy atom. The maximum atomic E-state index is 14.3. The summed E-state index contributed by atoms with van der Waals surface area (Å²) in [4.78, 5) is 14.6. The summed E-state index contributed by atoms with van der Waals surface area (Å²) >= 11 is 0. The van der Waals surface area contributed by atoms with E-state index in [9.17, 15) is 14.3 Å². The Hall–Kier alpha value is -2.44. The highest BCUT2D eigenvalue weighted by Crippen LogP contribution is 2.47. The number of halogens is 1. The molecule has 4 rings (SSSR count). The zero-order chi connectivity index (χ0) is 19.5. The first-order valence-electron chi connectivity index (χ1n) is 9.75. The highest BCUT2D eigenvalue weighted by molar-refractivity contribution is 5.83. The number of carbonyl (C=O) groups is 1. The minimum Gasteiger partial charge on any atom is -0.394 e. The molecule has 2 fully saturated rings. The monoisotopic (exact) mass is 384 g/mol. The van der Waals surface area contributed by atoms with Crippen molar-refractivity contribution in [3.8, 4) is 0 Å². The maximum absolute atomic E-state index is 14.3. The fraction of sp³-hybridized carbons (Fsp3) is 0.409. The average Bonchev–Trinajstić information content (AvgIpc) is 3.55. The largest absolute Gasteiger partial charge is 0.394 e. The van der Waals surface area contributed by atoms with Gasteiger partial charge in [0.15, 0.2) is 0 Å². The standard InChI is InChI=1S/C22H25FN2O3/c23-19-7-6-16(12-21(19)25-8-10-28-11-9-25)20(14-26)24-22(27)18-13-17(18)15-4-2-1-3-5-15/h1-7,12,17-18,20,26H,8-11,13-14H2,(H,24,27). The SMILES string of the molecule is O=C(NC(CO)c1ccc(F)c(N2CCOCC2)c1)C1CC1c1ccccc1. The number of anilines is 1. The molecule has 2 aliphatic rings. The van der Waals surface area contributed by atoms with Crippen LogP contribution in [0.15, 0.2) is 48.5 Å². The molecule has 6 heteroatoms. The van der Waals surface area contributed by atoms with Crippen LogP contribution < -0.4 is 10.2 Å². The molecule has 1 aliphatic heterocycles. The molecule has 0 spiro atoms. The molecule has 1 amide bonds. The van der Waals surface area contributed by atoms with Gasteiger partial charge in [-0.25, -0.2) is 4.39 Å². The molecule has 28 heavy (non-hydrogen) atoms. The van der Waals surface area contributed by atoms with Gasteiger partial charge in [-0.15, -0.1) is 0 Å². The lowest BCUT2D eigenvalue weighted by Crippen LogP contribution is -2.37. The molecular weight excluding hydrogens is 359 g/mol. The minimum absolute atomic E-state index is 0.0647. The minimum atomic E-state index is -0.551. The first-order valence-corrected chi connectivity index (χ1v) is 9.75. The van der Waals surface area contributed by atoms with Gasteiger partial charge in [-0.1, -0.05) is 36.4 Å². The van der Waals surface area contributed by atoms with Crippen molar-refractivity contribution in [2.75, 3.05) is 37.8 Å². The predicted octanol–water partition coefficient (Wildman–Crippen LogP) is 2.62. The van der Waals surface area contributed by atoms with Crippen molar-refractivity contribution in [2.24, 2.45) is 5.92 Å². The van der Waals surface area contributed by atoms with Crippen LogP contribution in [0.4, 0.5) is 10.1 Å². The Bertz CT molecular complexity index is 824. The third kappa shape index (κ3) is 4.03. The summed E-state index contributed by atoms with van der Waals surface area (Å²) in [6, 6.07) is 14.2. The molecule has 5 nitrogen and oxygen atoms in total. The van der Waals surface area contributed by atoms with Crippen LogP contribution in [0.1, 0.15) is 29.5 Å². The molecule has 0 radical (unpaired) electrons. The summed E-state index contributed by atoms with van der Waals surface area (Å²) in [5.41, 5.74) is 2.36. The van der Waals surface area contributed by atoms with Gasteiger partial charge in [0.25, 0.3) is 0 Å². The van der Waals surface area contributed by atoms with Crippen molar-refractivity contribution in [1.82, 2.24) is 5.32 Å². The number of aliphatic hydroxyl groups is 1. The first kappa shape index (κ1) is 18.9. The molecule has 2 aromatic rings. The van der Waals surface area contributed by atoms with E-state index in [4.69, 9.17) is 4.74 Å². The second-order valence-corrected chi connectivity index (χ2v) is 7.41. The Morgan fingerprint density at radius 1 is 1.21 bits per heavy atom. The summed E-state index contributed by atoms with van der Waals surface area (Å²) < 4.78 is 19.7. The number of nitrogens with one attached hydrogen (secondary N) is 1. The number of aliphatic hydroxyl groups excluding tert-OH is 1. The maximum Gasteiger partial charge on any atom is 0.224 e. The topological polar surface area (TPSA) is 61.8 Å². The van der Waals surface area contributed by atoms with Gasteiger partial charge in [-0.05, 0) is 35.6 Å². The Balaban J connectivity index is 1.45. The third-order valence-corrected chi connectivity index (χ3v) is 5.58. The lowest BCUT2D eigenvalue weighted by molar-refractivity contribution is -0.123. The summed E-state index contributed by atoms with van der Waals surface area (Å²) in [6.45, 7) is 2.14. The van der Waals surface area contributed by atoms with E-state index in [1.165, 1.54) is 11.6 Å². The van der Waals surface area contributed by atoms with Crippen LogP contribution in [0.2, 0.25) is 0 Å². The van der Waals surface area contributed by atoms with Crippen LogP contribution in [0.5, 0.6) is 0 Å². The number of rotatable bonds is 6. The average molecular weight is 384 g/mol. The number of hydrogen-bond acceptors (Lipinski definition) is 4. The van der Waals surface area contributed by atoms with Crippen molar-refractivity contribution in [3.05, 3.63) is 65.5 Å². The van der Waals surface area contributed by atoms with Gasteiger partial charge >= 0.3 is 0 Å². The number of benzene rings is 2. The van der Waals surface area contributed by atoms with Crippen molar-refractivity contribution < 1.29 is 19.0 Å². The zero-order valence-electron chi connectivity index (χ0n) is 15.7. The molecule has 1 heterocycles. The number of amides is 1. The van der Waals surface area contributed by atoms with Crippen molar-refractivity contribution in [1.29, 1.82) is 0 Å². The van der Waals surface area contributed by atoms with Crippen LogP contribution in [0, 0.1) is 11.7 Å². The van der Waals surface area contributed by atoms with Gasteiger partial charge in [0.2, 0.25) is 5.91 Å². The van der Waals surface area contributed by atoms with Crippen molar-refractivity contribution in [2.45, 2.75) is 18.4 Å². The zero-order valence-corrected chi connectivity index (χ0v) is 15.7. The molecule has 0 aromatic heterocycles. The number of ether oxygens (including phenoxy) is 1. The lowest BCUT2D eigenvalue weighted by Gasteiger charge is -2.30. The predicted molar refractivity (Wildman–Crippen MR) is 105 cm³/mol.